The van der Waals surface area contributed by atoms with Crippen molar-refractivity contribution in [1.82, 2.24) is 0 Å². The molecule has 0 aromatic carbocycles. The van der Waals surface area contributed by atoms with Crippen LogP contribution in [0.5, 0.6) is 0 Å². The van der Waals surface area contributed by atoms with E-state index in [0.29, 0.717) is 18.3 Å². The van der Waals surface area contributed by atoms with Crippen LogP contribution >= 0.6 is 0 Å². The molecule has 5 nitrogen and oxygen atoms in total. The molecule has 2 atom stereocenters. The van der Waals surface area contributed by atoms with E-state index in [-0.39, 0.29) is 12.8 Å². The van der Waals surface area contributed by atoms with Gasteiger partial charge in [0.2, 0.25) is 0 Å². The lowest BCUT2D eigenvalue weighted by atomic mass is 9.44. The first-order valence-corrected chi connectivity index (χ1v) is 6.89. The lowest BCUT2D eigenvalue weighted by Crippen LogP contribution is -2.57. The van der Waals surface area contributed by atoms with Crippen LogP contribution in [-0.4, -0.2) is 30.9 Å². The molecule has 4 saturated carbocycles. The molecule has 4 rings (SSSR count). The second-order valence-electron chi connectivity index (χ2n) is 6.67. The predicted molar refractivity (Wildman–Crippen MR) is 65.2 cm³/mol. The second kappa shape index (κ2) is 4.20. The van der Waals surface area contributed by atoms with E-state index in [4.69, 9.17) is 9.47 Å². The molecule has 4 aliphatic carbocycles. The van der Waals surface area contributed by atoms with E-state index in [9.17, 15) is 14.7 Å². The Bertz CT molecular complexity index is 402. The first kappa shape index (κ1) is 12.9. The fraction of sp³-hybridized carbons (Fsp3) is 0.857. The van der Waals surface area contributed by atoms with Crippen molar-refractivity contribution >= 4 is 11.9 Å². The number of carbonyl (C=O) groups excluding carboxylic acids is 1. The van der Waals surface area contributed by atoms with Gasteiger partial charge in [-0.15, -0.1) is 0 Å². The Morgan fingerprint density at radius 1 is 1.16 bits per heavy atom. The van der Waals surface area contributed by atoms with Gasteiger partial charge in [0.1, 0.15) is 0 Å². The molecule has 0 saturated heterocycles. The van der Waals surface area contributed by atoms with Crippen LogP contribution in [0.4, 0.5) is 0 Å². The van der Waals surface area contributed by atoms with Crippen molar-refractivity contribution in [1.29, 1.82) is 0 Å². The number of hydrogen-bond acceptors (Lipinski definition) is 4. The molecule has 4 aliphatic rings. The van der Waals surface area contributed by atoms with E-state index in [0.717, 1.165) is 32.1 Å². The summed E-state index contributed by atoms with van der Waals surface area (Å²) in [7, 11) is 1.48. The SMILES string of the molecule is COCOC(=O)C12CC3CC(CC(C(=O)O)(C3)C1)C2. The average Bonchev–Trinajstić information content (AvgIpc) is 2.34. The molecule has 0 aromatic rings. The molecule has 0 radical (unpaired) electrons. The molecule has 1 N–H and O–H groups in total. The zero-order valence-corrected chi connectivity index (χ0v) is 11.2. The fourth-order valence-electron chi connectivity index (χ4n) is 5.02. The summed E-state index contributed by atoms with van der Waals surface area (Å²) in [6.07, 6.45) is 4.58. The van der Waals surface area contributed by atoms with E-state index in [2.05, 4.69) is 0 Å². The number of methoxy groups -OCH3 is 1. The van der Waals surface area contributed by atoms with Gasteiger partial charge in [-0.05, 0) is 50.4 Å². The molecule has 0 spiro atoms. The van der Waals surface area contributed by atoms with Crippen molar-refractivity contribution in [3.05, 3.63) is 0 Å². The minimum absolute atomic E-state index is 0.0456. The number of carboxylic acid groups (broad SMARTS) is 1. The lowest BCUT2D eigenvalue weighted by Gasteiger charge is -2.59. The Kier molecular flexibility index (Phi) is 2.85. The Hall–Kier alpha value is -1.10. The fourth-order valence-corrected chi connectivity index (χ4v) is 5.02. The normalized spacial score (nSPS) is 43.2. The number of carbonyl (C=O) groups is 2. The monoisotopic (exact) mass is 268 g/mol. The average molecular weight is 268 g/mol. The number of esters is 1. The van der Waals surface area contributed by atoms with Gasteiger partial charge in [-0.3, -0.25) is 9.59 Å². The highest BCUT2D eigenvalue weighted by molar-refractivity contribution is 5.82. The van der Waals surface area contributed by atoms with Gasteiger partial charge in [-0.2, -0.15) is 0 Å². The van der Waals surface area contributed by atoms with Crippen LogP contribution in [0.25, 0.3) is 0 Å². The number of aliphatic carboxylic acids is 1. The zero-order valence-electron chi connectivity index (χ0n) is 11.2. The van der Waals surface area contributed by atoms with Crippen molar-refractivity contribution in [3.63, 3.8) is 0 Å². The predicted octanol–water partition coefficient (Wildman–Crippen LogP) is 1.80. The van der Waals surface area contributed by atoms with E-state index < -0.39 is 16.8 Å². The van der Waals surface area contributed by atoms with Gasteiger partial charge >= 0.3 is 11.9 Å². The van der Waals surface area contributed by atoms with Crippen LogP contribution in [0.1, 0.15) is 38.5 Å². The minimum Gasteiger partial charge on any atom is -0.481 e. The van der Waals surface area contributed by atoms with Crippen LogP contribution < -0.4 is 0 Å². The second-order valence-corrected chi connectivity index (χ2v) is 6.67. The minimum atomic E-state index is -0.731. The molecule has 0 amide bonds. The number of hydrogen-bond donors (Lipinski definition) is 1. The summed E-state index contributed by atoms with van der Waals surface area (Å²) < 4.78 is 9.94. The van der Waals surface area contributed by atoms with Crippen molar-refractivity contribution < 1.29 is 24.2 Å². The maximum atomic E-state index is 12.3. The van der Waals surface area contributed by atoms with Crippen molar-refractivity contribution in [3.8, 4) is 0 Å². The van der Waals surface area contributed by atoms with Gasteiger partial charge < -0.3 is 14.6 Å². The summed E-state index contributed by atoms with van der Waals surface area (Å²) >= 11 is 0. The van der Waals surface area contributed by atoms with Gasteiger partial charge in [0, 0.05) is 7.11 Å². The van der Waals surface area contributed by atoms with E-state index in [1.165, 1.54) is 7.11 Å². The maximum Gasteiger partial charge on any atom is 0.314 e. The van der Waals surface area contributed by atoms with E-state index >= 15 is 0 Å². The molecule has 2 unspecified atom stereocenters. The molecular weight excluding hydrogens is 248 g/mol. The molecular formula is C14H20O5. The topological polar surface area (TPSA) is 72.8 Å². The van der Waals surface area contributed by atoms with Crippen molar-refractivity contribution in [2.45, 2.75) is 38.5 Å². The summed E-state index contributed by atoms with van der Waals surface area (Å²) in [6.45, 7) is -0.0456. The van der Waals surface area contributed by atoms with Gasteiger partial charge in [-0.25, -0.2) is 0 Å². The van der Waals surface area contributed by atoms with Crippen LogP contribution in [-0.2, 0) is 19.1 Å². The molecule has 0 heterocycles. The number of ether oxygens (including phenoxy) is 2. The first-order valence-electron chi connectivity index (χ1n) is 6.89. The highest BCUT2D eigenvalue weighted by Crippen LogP contribution is 2.65. The largest absolute Gasteiger partial charge is 0.481 e. The zero-order chi connectivity index (χ0) is 13.7. The van der Waals surface area contributed by atoms with Gasteiger partial charge in [0.25, 0.3) is 0 Å². The molecule has 0 aromatic heterocycles. The van der Waals surface area contributed by atoms with Crippen LogP contribution in [0.15, 0.2) is 0 Å². The highest BCUT2D eigenvalue weighted by atomic mass is 16.7. The summed E-state index contributed by atoms with van der Waals surface area (Å²) in [5.41, 5.74) is -1.25. The summed E-state index contributed by atoms with van der Waals surface area (Å²) in [4.78, 5) is 24.0. The highest BCUT2D eigenvalue weighted by Gasteiger charge is 2.63. The van der Waals surface area contributed by atoms with Crippen molar-refractivity contribution in [2.24, 2.45) is 22.7 Å². The third-order valence-electron chi connectivity index (χ3n) is 5.26. The van der Waals surface area contributed by atoms with E-state index in [1.54, 1.807) is 0 Å². The number of carboxylic acids is 1. The van der Waals surface area contributed by atoms with Crippen LogP contribution in [0.3, 0.4) is 0 Å². The molecule has 4 bridgehead atoms. The van der Waals surface area contributed by atoms with Gasteiger partial charge in [0.15, 0.2) is 6.79 Å². The smallest absolute Gasteiger partial charge is 0.314 e. The number of rotatable bonds is 4. The molecule has 5 heteroatoms. The third kappa shape index (κ3) is 1.86. The maximum absolute atomic E-state index is 12.3. The summed E-state index contributed by atoms with van der Waals surface area (Å²) in [5, 5.41) is 9.57. The first-order chi connectivity index (χ1) is 9.00. The Balaban J connectivity index is 1.87. The quantitative estimate of drug-likeness (QED) is 0.621. The molecule has 106 valence electrons. The molecule has 4 fully saturated rings. The Morgan fingerprint density at radius 2 is 1.74 bits per heavy atom. The van der Waals surface area contributed by atoms with Gasteiger partial charge in [-0.1, -0.05) is 0 Å². The van der Waals surface area contributed by atoms with Crippen molar-refractivity contribution in [2.75, 3.05) is 13.9 Å². The van der Waals surface area contributed by atoms with Gasteiger partial charge in [0.05, 0.1) is 10.8 Å². The van der Waals surface area contributed by atoms with E-state index in [1.807, 2.05) is 0 Å². The Morgan fingerprint density at radius 3 is 2.26 bits per heavy atom. The molecule has 0 aliphatic heterocycles. The molecule has 19 heavy (non-hydrogen) atoms. The Labute approximate surface area is 112 Å². The lowest BCUT2D eigenvalue weighted by molar-refractivity contribution is -0.196. The third-order valence-corrected chi connectivity index (χ3v) is 5.26. The van der Waals surface area contributed by atoms with Crippen LogP contribution in [0.2, 0.25) is 0 Å². The standard InChI is InChI=1S/C14H20O5/c1-18-8-19-12(17)14-5-9-2-10(6-14)4-13(3-9,7-14)11(15)16/h9-10H,2-8H2,1H3,(H,15,16). The van der Waals surface area contributed by atoms with Crippen LogP contribution in [0, 0.1) is 22.7 Å². The summed E-state index contributed by atoms with van der Waals surface area (Å²) in [6, 6.07) is 0. The summed E-state index contributed by atoms with van der Waals surface area (Å²) in [5.74, 6) is -0.250.